The van der Waals surface area contributed by atoms with Gasteiger partial charge in [-0.25, -0.2) is 4.98 Å². The van der Waals surface area contributed by atoms with Gasteiger partial charge >= 0.3 is 6.18 Å². The van der Waals surface area contributed by atoms with Crippen LogP contribution in [0.5, 0.6) is 0 Å². The van der Waals surface area contributed by atoms with Gasteiger partial charge in [0, 0.05) is 49.4 Å². The molecule has 166 valence electrons. The lowest BCUT2D eigenvalue weighted by Gasteiger charge is -2.36. The van der Waals surface area contributed by atoms with Crippen LogP contribution in [0.3, 0.4) is 0 Å². The Balaban J connectivity index is 1.57. The molecule has 1 atom stereocenters. The molecule has 1 aliphatic rings. The Morgan fingerprint density at radius 3 is 2.35 bits per heavy atom. The first-order valence-corrected chi connectivity index (χ1v) is 10.5. The molecular weight excluding hydrogens is 457 g/mol. The van der Waals surface area contributed by atoms with Gasteiger partial charge in [0.15, 0.2) is 0 Å². The average molecular weight is 475 g/mol. The smallest absolute Gasteiger partial charge is 0.352 e. The van der Waals surface area contributed by atoms with Gasteiger partial charge in [-0.2, -0.15) is 13.2 Å². The van der Waals surface area contributed by atoms with E-state index in [1.165, 1.54) is 23.9 Å². The zero-order valence-electron chi connectivity index (χ0n) is 16.3. The van der Waals surface area contributed by atoms with Gasteiger partial charge in [0.1, 0.15) is 5.82 Å². The minimum absolute atomic E-state index is 0.0185. The van der Waals surface area contributed by atoms with Crippen LogP contribution >= 0.6 is 23.4 Å². The van der Waals surface area contributed by atoms with Crippen molar-refractivity contribution in [1.82, 2.24) is 9.88 Å². The molecule has 0 spiro atoms. The number of anilines is 1. The summed E-state index contributed by atoms with van der Waals surface area (Å²) in [5.74, 6) is 0.171. The fraction of sp³-hybridized carbons (Fsp3) is 0.368. The van der Waals surface area contributed by atoms with Gasteiger partial charge in [0.05, 0.1) is 20.8 Å². The predicted octanol–water partition coefficient (Wildman–Crippen LogP) is 4.49. The minimum atomic E-state index is -4.52. The molecular formula is C19H18ClF3N4O3S. The van der Waals surface area contributed by atoms with Gasteiger partial charge in [-0.3, -0.25) is 14.9 Å². The van der Waals surface area contributed by atoms with Crippen molar-refractivity contribution in [3.05, 3.63) is 57.2 Å². The predicted molar refractivity (Wildman–Crippen MR) is 111 cm³/mol. The zero-order chi connectivity index (χ0) is 22.8. The minimum Gasteiger partial charge on any atom is -0.352 e. The lowest BCUT2D eigenvalue weighted by molar-refractivity contribution is -0.384. The molecule has 0 bridgehead atoms. The van der Waals surface area contributed by atoms with Gasteiger partial charge in [-0.1, -0.05) is 11.6 Å². The molecule has 7 nitrogen and oxygen atoms in total. The standard InChI is InChI=1S/C19H18ClF3N4O3S/c1-12(31-15-4-2-14(3-5-15)27(29)30)18(28)26-8-6-25(7-9-26)17-16(20)10-13(11-24-17)19(21,22)23/h2-5,10-12H,6-9H2,1H3. The van der Waals surface area contributed by atoms with Crippen LogP contribution in [0.15, 0.2) is 41.4 Å². The summed E-state index contributed by atoms with van der Waals surface area (Å²) in [4.78, 5) is 31.0. The highest BCUT2D eigenvalue weighted by molar-refractivity contribution is 8.00. The lowest BCUT2D eigenvalue weighted by atomic mass is 10.2. The lowest BCUT2D eigenvalue weighted by Crippen LogP contribution is -2.51. The molecule has 2 heterocycles. The van der Waals surface area contributed by atoms with Crippen LogP contribution in [-0.2, 0) is 11.0 Å². The Morgan fingerprint density at radius 1 is 1.23 bits per heavy atom. The molecule has 2 aromatic rings. The molecule has 0 saturated carbocycles. The molecule has 3 rings (SSSR count). The average Bonchev–Trinajstić information content (AvgIpc) is 2.73. The fourth-order valence-corrected chi connectivity index (χ4v) is 4.35. The number of thioether (sulfide) groups is 1. The fourth-order valence-electron chi connectivity index (χ4n) is 3.12. The number of non-ortho nitro benzene ring substituents is 1. The van der Waals surface area contributed by atoms with E-state index in [-0.39, 0.29) is 22.4 Å². The largest absolute Gasteiger partial charge is 0.417 e. The molecule has 1 aromatic carbocycles. The summed E-state index contributed by atoms with van der Waals surface area (Å²) >= 11 is 7.31. The van der Waals surface area contributed by atoms with Crippen molar-refractivity contribution in [3.8, 4) is 0 Å². The number of halogens is 4. The van der Waals surface area contributed by atoms with E-state index < -0.39 is 21.9 Å². The Kier molecular flexibility index (Phi) is 6.95. The summed E-state index contributed by atoms with van der Waals surface area (Å²) < 4.78 is 38.3. The number of carbonyl (C=O) groups excluding carboxylic acids is 1. The molecule has 1 saturated heterocycles. The van der Waals surface area contributed by atoms with Crippen molar-refractivity contribution < 1.29 is 22.9 Å². The number of alkyl halides is 3. The van der Waals surface area contributed by atoms with Gasteiger partial charge < -0.3 is 9.80 Å². The first-order chi connectivity index (χ1) is 14.6. The van der Waals surface area contributed by atoms with E-state index in [1.54, 1.807) is 28.9 Å². The van der Waals surface area contributed by atoms with Crippen LogP contribution < -0.4 is 4.90 Å². The van der Waals surface area contributed by atoms with Crippen LogP contribution in [0, 0.1) is 10.1 Å². The van der Waals surface area contributed by atoms with Crippen molar-refractivity contribution in [2.75, 3.05) is 31.1 Å². The third-order valence-electron chi connectivity index (χ3n) is 4.75. The highest BCUT2D eigenvalue weighted by atomic mass is 35.5. The molecule has 0 N–H and O–H groups in total. The molecule has 1 amide bonds. The van der Waals surface area contributed by atoms with Crippen molar-refractivity contribution >= 4 is 40.8 Å². The van der Waals surface area contributed by atoms with Crippen molar-refractivity contribution in [2.45, 2.75) is 23.2 Å². The first-order valence-electron chi connectivity index (χ1n) is 9.24. The Hall–Kier alpha value is -2.53. The van der Waals surface area contributed by atoms with Crippen LogP contribution in [-0.4, -0.2) is 52.1 Å². The summed E-state index contributed by atoms with van der Waals surface area (Å²) in [6.07, 6.45) is -3.76. The highest BCUT2D eigenvalue weighted by Gasteiger charge is 2.33. The monoisotopic (exact) mass is 474 g/mol. The van der Waals surface area contributed by atoms with Gasteiger partial charge in [0.25, 0.3) is 5.69 Å². The number of nitro groups is 1. The topological polar surface area (TPSA) is 79.6 Å². The molecule has 1 aliphatic heterocycles. The second-order valence-electron chi connectivity index (χ2n) is 6.85. The molecule has 0 radical (unpaired) electrons. The number of nitrogens with zero attached hydrogens (tertiary/aromatic N) is 4. The number of hydrogen-bond acceptors (Lipinski definition) is 6. The number of piperazine rings is 1. The number of carbonyl (C=O) groups is 1. The molecule has 0 aliphatic carbocycles. The van der Waals surface area contributed by atoms with Crippen LogP contribution in [0.2, 0.25) is 5.02 Å². The van der Waals surface area contributed by atoms with Gasteiger partial charge in [0.2, 0.25) is 5.91 Å². The van der Waals surface area contributed by atoms with Crippen molar-refractivity contribution in [1.29, 1.82) is 0 Å². The number of amides is 1. The Labute approximate surface area is 185 Å². The molecule has 1 fully saturated rings. The third kappa shape index (κ3) is 5.59. The number of aromatic nitrogens is 1. The molecule has 1 unspecified atom stereocenters. The van der Waals surface area contributed by atoms with Crippen molar-refractivity contribution in [2.24, 2.45) is 0 Å². The molecule has 31 heavy (non-hydrogen) atoms. The number of benzene rings is 1. The summed E-state index contributed by atoms with van der Waals surface area (Å²) in [7, 11) is 0. The number of pyridine rings is 1. The van der Waals surface area contributed by atoms with E-state index in [0.717, 1.165) is 17.2 Å². The van der Waals surface area contributed by atoms with E-state index in [4.69, 9.17) is 11.6 Å². The summed E-state index contributed by atoms with van der Waals surface area (Å²) in [6, 6.07) is 6.83. The number of rotatable bonds is 5. The SMILES string of the molecule is CC(Sc1ccc([N+](=O)[O-])cc1)C(=O)N1CCN(c2ncc(C(F)(F)F)cc2Cl)CC1. The Morgan fingerprint density at radius 2 is 1.84 bits per heavy atom. The van der Waals surface area contributed by atoms with E-state index >= 15 is 0 Å². The molecule has 12 heteroatoms. The van der Waals surface area contributed by atoms with Gasteiger partial charge in [-0.15, -0.1) is 11.8 Å². The van der Waals surface area contributed by atoms with E-state index in [0.29, 0.717) is 26.2 Å². The van der Waals surface area contributed by atoms with Gasteiger partial charge in [-0.05, 0) is 25.1 Å². The van der Waals surface area contributed by atoms with Crippen LogP contribution in [0.4, 0.5) is 24.7 Å². The van der Waals surface area contributed by atoms with E-state index in [9.17, 15) is 28.1 Å². The highest BCUT2D eigenvalue weighted by Crippen LogP contribution is 2.34. The third-order valence-corrected chi connectivity index (χ3v) is 6.13. The maximum Gasteiger partial charge on any atom is 0.417 e. The van der Waals surface area contributed by atoms with E-state index in [2.05, 4.69) is 4.98 Å². The maximum atomic E-state index is 12.8. The van der Waals surface area contributed by atoms with Crippen molar-refractivity contribution in [3.63, 3.8) is 0 Å². The van der Waals surface area contributed by atoms with E-state index in [1.807, 2.05) is 0 Å². The molecule has 1 aromatic heterocycles. The first kappa shape index (κ1) is 23.1. The second kappa shape index (κ2) is 9.31. The number of nitro benzene ring substituents is 1. The normalized spacial score (nSPS) is 15.6. The maximum absolute atomic E-state index is 12.8. The second-order valence-corrected chi connectivity index (χ2v) is 8.67. The Bertz CT molecular complexity index is 967. The van der Waals surface area contributed by atoms with Crippen LogP contribution in [0.25, 0.3) is 0 Å². The summed E-state index contributed by atoms with van der Waals surface area (Å²) in [5.41, 5.74) is -0.929. The van der Waals surface area contributed by atoms with Crippen LogP contribution in [0.1, 0.15) is 12.5 Å². The quantitative estimate of drug-likeness (QED) is 0.361. The summed E-state index contributed by atoms with van der Waals surface area (Å²) in [5, 5.41) is 10.2. The summed E-state index contributed by atoms with van der Waals surface area (Å²) in [6.45, 7) is 3.29. The zero-order valence-corrected chi connectivity index (χ0v) is 17.9. The number of hydrogen-bond donors (Lipinski definition) is 0.